The molecule has 1 aromatic carbocycles. The number of hydrogen-bond donors (Lipinski definition) is 1. The smallest absolute Gasteiger partial charge is 0.280 e. The van der Waals surface area contributed by atoms with Gasteiger partial charge in [0.25, 0.3) is 5.69 Å². The van der Waals surface area contributed by atoms with Gasteiger partial charge >= 0.3 is 0 Å². The highest BCUT2D eigenvalue weighted by Gasteiger charge is 2.19. The van der Waals surface area contributed by atoms with Crippen molar-refractivity contribution in [1.82, 2.24) is 10.3 Å². The summed E-state index contributed by atoms with van der Waals surface area (Å²) in [4.78, 5) is 14.3. The normalized spacial score (nSPS) is 10.6. The maximum atomic E-state index is 13.2. The number of nitro benzene ring substituents is 1. The minimum Gasteiger partial charge on any atom is -0.440 e. The van der Waals surface area contributed by atoms with E-state index in [0.29, 0.717) is 18.9 Å². The molecule has 0 aliphatic carbocycles. The van der Waals surface area contributed by atoms with E-state index in [9.17, 15) is 14.5 Å². The number of nitro groups is 1. The van der Waals surface area contributed by atoms with Crippen LogP contribution < -0.4 is 5.32 Å². The Kier molecular flexibility index (Phi) is 3.86. The topological polar surface area (TPSA) is 81.2 Å². The van der Waals surface area contributed by atoms with Crippen LogP contribution in [0.4, 0.5) is 10.1 Å². The molecule has 2 rings (SSSR count). The number of hydrogen-bond acceptors (Lipinski definition) is 5. The lowest BCUT2D eigenvalue weighted by molar-refractivity contribution is -0.384. The summed E-state index contributed by atoms with van der Waals surface area (Å²) in [7, 11) is 1.79. The molecule has 0 saturated carbocycles. The highest BCUT2D eigenvalue weighted by atomic mass is 19.1. The Labute approximate surface area is 108 Å². The standard InChI is InChI=1S/C12H12FN3O3/c1-14-5-4-12-15-7-11(19-12)9-6-8(13)2-3-10(9)16(17)18/h2-3,6-7,14H,4-5H2,1H3. The van der Waals surface area contributed by atoms with E-state index in [4.69, 9.17) is 4.42 Å². The third-order valence-electron chi connectivity index (χ3n) is 2.56. The van der Waals surface area contributed by atoms with Gasteiger partial charge in [-0.25, -0.2) is 9.37 Å². The third-order valence-corrected chi connectivity index (χ3v) is 2.56. The van der Waals surface area contributed by atoms with Gasteiger partial charge in [-0.15, -0.1) is 0 Å². The minimum atomic E-state index is -0.579. The van der Waals surface area contributed by atoms with Gasteiger partial charge in [0.2, 0.25) is 0 Å². The Morgan fingerprint density at radius 3 is 3.00 bits per heavy atom. The fourth-order valence-electron chi connectivity index (χ4n) is 1.65. The molecule has 0 unspecified atom stereocenters. The van der Waals surface area contributed by atoms with Crippen LogP contribution in [-0.4, -0.2) is 23.5 Å². The Balaban J connectivity index is 2.37. The lowest BCUT2D eigenvalue weighted by Crippen LogP contribution is -2.10. The largest absolute Gasteiger partial charge is 0.440 e. The highest BCUT2D eigenvalue weighted by molar-refractivity contribution is 5.68. The zero-order valence-corrected chi connectivity index (χ0v) is 10.2. The first-order chi connectivity index (χ1) is 9.11. The van der Waals surface area contributed by atoms with Crippen molar-refractivity contribution in [1.29, 1.82) is 0 Å². The maximum Gasteiger partial charge on any atom is 0.280 e. The molecule has 1 N–H and O–H groups in total. The number of likely N-dealkylation sites (N-methyl/N-ethyl adjacent to an activating group) is 1. The molecule has 0 bridgehead atoms. The number of oxazole rings is 1. The molecule has 6 nitrogen and oxygen atoms in total. The predicted octanol–water partition coefficient (Wildman–Crippen LogP) is 2.15. The van der Waals surface area contributed by atoms with Crippen molar-refractivity contribution in [3.05, 3.63) is 46.2 Å². The van der Waals surface area contributed by atoms with Crippen LogP contribution in [0.25, 0.3) is 11.3 Å². The summed E-state index contributed by atoms with van der Waals surface area (Å²) in [5.74, 6) is 0.0778. The summed E-state index contributed by atoms with van der Waals surface area (Å²) >= 11 is 0. The monoisotopic (exact) mass is 265 g/mol. The number of halogens is 1. The molecular formula is C12H12FN3O3. The molecule has 0 saturated heterocycles. The van der Waals surface area contributed by atoms with Crippen LogP contribution >= 0.6 is 0 Å². The van der Waals surface area contributed by atoms with Gasteiger partial charge in [-0.3, -0.25) is 10.1 Å². The van der Waals surface area contributed by atoms with Crippen molar-refractivity contribution in [3.63, 3.8) is 0 Å². The fourth-order valence-corrected chi connectivity index (χ4v) is 1.65. The van der Waals surface area contributed by atoms with E-state index >= 15 is 0 Å². The number of benzene rings is 1. The molecule has 19 heavy (non-hydrogen) atoms. The number of nitrogens with zero attached hydrogens (tertiary/aromatic N) is 2. The van der Waals surface area contributed by atoms with E-state index in [-0.39, 0.29) is 17.0 Å². The average molecular weight is 265 g/mol. The van der Waals surface area contributed by atoms with Crippen molar-refractivity contribution in [2.24, 2.45) is 0 Å². The minimum absolute atomic E-state index is 0.0909. The second kappa shape index (κ2) is 5.57. The van der Waals surface area contributed by atoms with Gasteiger partial charge in [0.1, 0.15) is 5.82 Å². The molecule has 7 heteroatoms. The fraction of sp³-hybridized carbons (Fsp3) is 0.250. The third kappa shape index (κ3) is 2.94. The number of rotatable bonds is 5. The molecule has 1 heterocycles. The molecule has 2 aromatic rings. The van der Waals surface area contributed by atoms with Gasteiger partial charge in [-0.05, 0) is 19.2 Å². The Hall–Kier alpha value is -2.28. The summed E-state index contributed by atoms with van der Waals surface area (Å²) in [5.41, 5.74) is -0.120. The molecule has 0 fully saturated rings. The SMILES string of the molecule is CNCCc1ncc(-c2cc(F)ccc2[N+](=O)[O-])o1. The van der Waals surface area contributed by atoms with Crippen LogP contribution in [0.1, 0.15) is 5.89 Å². The molecule has 0 spiro atoms. The number of nitrogens with one attached hydrogen (secondary N) is 1. The van der Waals surface area contributed by atoms with E-state index in [0.717, 1.165) is 18.2 Å². The van der Waals surface area contributed by atoms with Gasteiger partial charge in [0.15, 0.2) is 11.7 Å². The van der Waals surface area contributed by atoms with E-state index in [1.54, 1.807) is 7.05 Å². The highest BCUT2D eigenvalue weighted by Crippen LogP contribution is 2.30. The first-order valence-corrected chi connectivity index (χ1v) is 5.65. The van der Waals surface area contributed by atoms with Crippen molar-refractivity contribution in [2.75, 3.05) is 13.6 Å². The van der Waals surface area contributed by atoms with Crippen molar-refractivity contribution in [3.8, 4) is 11.3 Å². The summed E-state index contributed by atoms with van der Waals surface area (Å²) in [6.07, 6.45) is 1.92. The summed E-state index contributed by atoms with van der Waals surface area (Å²) in [6, 6.07) is 3.22. The van der Waals surface area contributed by atoms with Crippen molar-refractivity contribution >= 4 is 5.69 Å². The van der Waals surface area contributed by atoms with Crippen LogP contribution in [0, 0.1) is 15.9 Å². The van der Waals surface area contributed by atoms with E-state index in [1.807, 2.05) is 0 Å². The molecule has 0 aliphatic rings. The molecule has 0 radical (unpaired) electrons. The predicted molar refractivity (Wildman–Crippen MR) is 66.2 cm³/mol. The molecular weight excluding hydrogens is 253 g/mol. The van der Waals surface area contributed by atoms with Crippen molar-refractivity contribution in [2.45, 2.75) is 6.42 Å². The van der Waals surface area contributed by atoms with Crippen LogP contribution in [0.3, 0.4) is 0 Å². The molecule has 100 valence electrons. The van der Waals surface area contributed by atoms with Gasteiger partial charge in [0.05, 0.1) is 16.7 Å². The van der Waals surface area contributed by atoms with E-state index in [2.05, 4.69) is 10.3 Å². The molecule has 0 aliphatic heterocycles. The summed E-state index contributed by atoms with van der Waals surface area (Å²) in [6.45, 7) is 0.672. The Morgan fingerprint density at radius 1 is 1.53 bits per heavy atom. The van der Waals surface area contributed by atoms with Gasteiger partial charge < -0.3 is 9.73 Å². The Morgan fingerprint density at radius 2 is 2.32 bits per heavy atom. The van der Waals surface area contributed by atoms with E-state index in [1.165, 1.54) is 6.20 Å². The quantitative estimate of drug-likeness (QED) is 0.661. The summed E-state index contributed by atoms with van der Waals surface area (Å²) < 4.78 is 18.6. The molecule has 0 atom stereocenters. The van der Waals surface area contributed by atoms with Gasteiger partial charge in [-0.2, -0.15) is 0 Å². The van der Waals surface area contributed by atoms with Gasteiger partial charge in [0, 0.05) is 19.0 Å². The van der Waals surface area contributed by atoms with Crippen LogP contribution in [-0.2, 0) is 6.42 Å². The number of aromatic nitrogens is 1. The van der Waals surface area contributed by atoms with Crippen molar-refractivity contribution < 1.29 is 13.7 Å². The molecule has 1 aromatic heterocycles. The van der Waals surface area contributed by atoms with Gasteiger partial charge in [-0.1, -0.05) is 0 Å². The lowest BCUT2D eigenvalue weighted by atomic mass is 10.1. The second-order valence-electron chi connectivity index (χ2n) is 3.89. The second-order valence-corrected chi connectivity index (χ2v) is 3.89. The summed E-state index contributed by atoms with van der Waals surface area (Å²) in [5, 5.41) is 13.8. The zero-order chi connectivity index (χ0) is 13.8. The van der Waals surface area contributed by atoms with Crippen LogP contribution in [0.15, 0.2) is 28.8 Å². The maximum absolute atomic E-state index is 13.2. The lowest BCUT2D eigenvalue weighted by Gasteiger charge is -1.99. The zero-order valence-electron chi connectivity index (χ0n) is 10.2. The average Bonchev–Trinajstić information content (AvgIpc) is 2.84. The van der Waals surface area contributed by atoms with Crippen LogP contribution in [0.5, 0.6) is 0 Å². The first kappa shape index (κ1) is 13.2. The first-order valence-electron chi connectivity index (χ1n) is 5.65. The Bertz CT molecular complexity index is 598. The van der Waals surface area contributed by atoms with E-state index < -0.39 is 10.7 Å². The molecule has 0 amide bonds. The van der Waals surface area contributed by atoms with Crippen LogP contribution in [0.2, 0.25) is 0 Å².